The van der Waals surface area contributed by atoms with E-state index in [1.54, 1.807) is 6.33 Å². The molecule has 1 atom stereocenters. The first-order valence-corrected chi connectivity index (χ1v) is 7.79. The summed E-state index contributed by atoms with van der Waals surface area (Å²) in [6, 6.07) is 0. The lowest BCUT2D eigenvalue weighted by Crippen LogP contribution is -2.38. The Morgan fingerprint density at radius 2 is 2.05 bits per heavy atom. The molecule has 0 spiro atoms. The van der Waals surface area contributed by atoms with Crippen molar-refractivity contribution in [1.29, 1.82) is 0 Å². The van der Waals surface area contributed by atoms with Crippen molar-refractivity contribution >= 4 is 30.7 Å². The van der Waals surface area contributed by atoms with Crippen molar-refractivity contribution in [3.8, 4) is 0 Å². The van der Waals surface area contributed by atoms with Gasteiger partial charge in [0.25, 0.3) is 0 Å². The molecular formula is C15H26Cl2N4O. The molecule has 3 rings (SSSR count). The first kappa shape index (κ1) is 19.3. The minimum atomic E-state index is 0. The summed E-state index contributed by atoms with van der Waals surface area (Å²) in [6.07, 6.45) is 8.76. The number of rotatable bonds is 4. The average Bonchev–Trinajstić information content (AvgIpc) is 3.18. The summed E-state index contributed by atoms with van der Waals surface area (Å²) in [7, 11) is 0. The Balaban J connectivity index is 0.00000121. The Labute approximate surface area is 144 Å². The zero-order valence-corrected chi connectivity index (χ0v) is 14.4. The highest BCUT2D eigenvalue weighted by Gasteiger charge is 2.25. The van der Waals surface area contributed by atoms with Crippen LogP contribution in [0.3, 0.4) is 0 Å². The van der Waals surface area contributed by atoms with E-state index in [2.05, 4.69) is 20.2 Å². The molecule has 5 nitrogen and oxygen atoms in total. The highest BCUT2D eigenvalue weighted by Crippen LogP contribution is 2.27. The molecule has 1 unspecified atom stereocenters. The Hall–Kier alpha value is -0.780. The number of aromatic amines is 1. The van der Waals surface area contributed by atoms with Crippen LogP contribution in [-0.2, 0) is 4.79 Å². The van der Waals surface area contributed by atoms with E-state index in [9.17, 15) is 4.79 Å². The van der Waals surface area contributed by atoms with Gasteiger partial charge in [0.2, 0.25) is 5.91 Å². The average molecular weight is 349 g/mol. The number of imidazole rings is 1. The number of halogens is 2. The molecule has 2 aliphatic heterocycles. The van der Waals surface area contributed by atoms with E-state index in [1.165, 1.54) is 12.1 Å². The molecule has 1 amide bonds. The molecule has 1 aromatic heterocycles. The van der Waals surface area contributed by atoms with Crippen LogP contribution >= 0.6 is 24.8 Å². The van der Waals surface area contributed by atoms with Crippen LogP contribution in [0.4, 0.5) is 0 Å². The van der Waals surface area contributed by atoms with Crippen LogP contribution < -0.4 is 5.32 Å². The van der Waals surface area contributed by atoms with E-state index >= 15 is 0 Å². The quantitative estimate of drug-likeness (QED) is 0.877. The Morgan fingerprint density at radius 1 is 1.27 bits per heavy atom. The van der Waals surface area contributed by atoms with Crippen molar-refractivity contribution in [3.63, 3.8) is 0 Å². The number of carbonyl (C=O) groups is 1. The number of hydrogen-bond donors (Lipinski definition) is 2. The summed E-state index contributed by atoms with van der Waals surface area (Å²) in [4.78, 5) is 21.6. The van der Waals surface area contributed by atoms with Gasteiger partial charge in [0.1, 0.15) is 0 Å². The number of nitrogens with one attached hydrogen (secondary N) is 2. The number of piperidine rings is 1. The molecule has 0 aromatic carbocycles. The second-order valence-corrected chi connectivity index (χ2v) is 6.06. The minimum absolute atomic E-state index is 0. The largest absolute Gasteiger partial charge is 0.348 e. The summed E-state index contributed by atoms with van der Waals surface area (Å²) in [5.74, 6) is 1.60. The lowest BCUT2D eigenvalue weighted by Gasteiger charge is -2.31. The first-order chi connectivity index (χ1) is 9.83. The predicted octanol–water partition coefficient (Wildman–Crippen LogP) is 2.35. The van der Waals surface area contributed by atoms with Gasteiger partial charge in [-0.05, 0) is 44.7 Å². The van der Waals surface area contributed by atoms with Crippen LogP contribution in [0.15, 0.2) is 12.5 Å². The topological polar surface area (TPSA) is 61.0 Å². The molecule has 22 heavy (non-hydrogen) atoms. The smallest absolute Gasteiger partial charge is 0.222 e. The van der Waals surface area contributed by atoms with Gasteiger partial charge in [0.15, 0.2) is 0 Å². The fourth-order valence-electron chi connectivity index (χ4n) is 3.38. The van der Waals surface area contributed by atoms with Gasteiger partial charge in [-0.3, -0.25) is 4.79 Å². The van der Waals surface area contributed by atoms with Crippen molar-refractivity contribution in [2.75, 3.05) is 26.2 Å². The maximum absolute atomic E-state index is 12.2. The lowest BCUT2D eigenvalue weighted by molar-refractivity contribution is -0.132. The van der Waals surface area contributed by atoms with Gasteiger partial charge in [-0.15, -0.1) is 24.8 Å². The second kappa shape index (κ2) is 9.38. The summed E-state index contributed by atoms with van der Waals surface area (Å²) < 4.78 is 0. The molecule has 2 N–H and O–H groups in total. The van der Waals surface area contributed by atoms with Gasteiger partial charge in [-0.1, -0.05) is 0 Å². The standard InChI is InChI=1S/C15H24N4O.2ClH/c20-15(2-1-12-3-6-16-9-12)19-7-4-13(5-8-19)14-10-17-11-18-14;;/h10-13,16H,1-9H2,(H,17,18);2*1H. The molecule has 7 heteroatoms. The number of amides is 1. The van der Waals surface area contributed by atoms with Crippen LogP contribution in [0.25, 0.3) is 0 Å². The molecule has 2 aliphatic rings. The van der Waals surface area contributed by atoms with Crippen molar-refractivity contribution in [2.45, 2.75) is 38.0 Å². The molecule has 3 heterocycles. The lowest BCUT2D eigenvalue weighted by atomic mass is 9.93. The van der Waals surface area contributed by atoms with Gasteiger partial charge in [0, 0.05) is 37.3 Å². The van der Waals surface area contributed by atoms with Crippen molar-refractivity contribution in [1.82, 2.24) is 20.2 Å². The third-order valence-electron chi connectivity index (χ3n) is 4.74. The van der Waals surface area contributed by atoms with E-state index in [4.69, 9.17) is 0 Å². The predicted molar refractivity (Wildman–Crippen MR) is 91.8 cm³/mol. The highest BCUT2D eigenvalue weighted by atomic mass is 35.5. The van der Waals surface area contributed by atoms with Crippen molar-refractivity contribution in [2.24, 2.45) is 5.92 Å². The molecule has 2 fully saturated rings. The number of carbonyl (C=O) groups excluding carboxylic acids is 1. The van der Waals surface area contributed by atoms with E-state index in [1.807, 2.05) is 6.20 Å². The Kier molecular flexibility index (Phi) is 8.21. The molecule has 1 aromatic rings. The summed E-state index contributed by atoms with van der Waals surface area (Å²) in [5.41, 5.74) is 1.22. The van der Waals surface area contributed by atoms with E-state index in [0.717, 1.165) is 51.9 Å². The van der Waals surface area contributed by atoms with Crippen LogP contribution in [-0.4, -0.2) is 47.0 Å². The maximum Gasteiger partial charge on any atom is 0.222 e. The van der Waals surface area contributed by atoms with E-state index in [-0.39, 0.29) is 24.8 Å². The summed E-state index contributed by atoms with van der Waals surface area (Å²) in [5, 5.41) is 3.36. The minimum Gasteiger partial charge on any atom is -0.348 e. The summed E-state index contributed by atoms with van der Waals surface area (Å²) >= 11 is 0. The van der Waals surface area contributed by atoms with Gasteiger partial charge in [-0.2, -0.15) is 0 Å². The van der Waals surface area contributed by atoms with Gasteiger partial charge in [0.05, 0.1) is 6.33 Å². The number of aromatic nitrogens is 2. The van der Waals surface area contributed by atoms with Gasteiger partial charge < -0.3 is 15.2 Å². The molecule has 0 aliphatic carbocycles. The highest BCUT2D eigenvalue weighted by molar-refractivity contribution is 5.85. The van der Waals surface area contributed by atoms with E-state index in [0.29, 0.717) is 17.7 Å². The number of likely N-dealkylation sites (tertiary alicyclic amines) is 1. The molecule has 2 saturated heterocycles. The molecule has 0 saturated carbocycles. The summed E-state index contributed by atoms with van der Waals surface area (Å²) in [6.45, 7) is 4.00. The van der Waals surface area contributed by atoms with Gasteiger partial charge in [-0.25, -0.2) is 4.98 Å². The molecule has 126 valence electrons. The maximum atomic E-state index is 12.2. The zero-order valence-electron chi connectivity index (χ0n) is 12.8. The fraction of sp³-hybridized carbons (Fsp3) is 0.733. The zero-order chi connectivity index (χ0) is 13.8. The van der Waals surface area contributed by atoms with Crippen molar-refractivity contribution < 1.29 is 4.79 Å². The van der Waals surface area contributed by atoms with Gasteiger partial charge >= 0.3 is 0 Å². The van der Waals surface area contributed by atoms with Crippen LogP contribution in [0, 0.1) is 5.92 Å². The first-order valence-electron chi connectivity index (χ1n) is 7.79. The number of hydrogen-bond acceptors (Lipinski definition) is 3. The van der Waals surface area contributed by atoms with Crippen LogP contribution in [0.1, 0.15) is 43.7 Å². The van der Waals surface area contributed by atoms with E-state index < -0.39 is 0 Å². The van der Waals surface area contributed by atoms with Crippen molar-refractivity contribution in [3.05, 3.63) is 18.2 Å². The fourth-order valence-corrected chi connectivity index (χ4v) is 3.38. The van der Waals surface area contributed by atoms with Crippen LogP contribution in [0.5, 0.6) is 0 Å². The number of nitrogens with zero attached hydrogens (tertiary/aromatic N) is 2. The normalized spacial score (nSPS) is 22.0. The number of H-pyrrole nitrogens is 1. The van der Waals surface area contributed by atoms with Crippen LogP contribution in [0.2, 0.25) is 0 Å². The second-order valence-electron chi connectivity index (χ2n) is 6.06. The monoisotopic (exact) mass is 348 g/mol. The molecule has 0 bridgehead atoms. The Bertz CT molecular complexity index is 427. The molecular weight excluding hydrogens is 323 g/mol. The third-order valence-corrected chi connectivity index (χ3v) is 4.74. The molecule has 0 radical (unpaired) electrons. The SMILES string of the molecule is Cl.Cl.O=C(CCC1CCNC1)N1CCC(c2cnc[nH]2)CC1. The third kappa shape index (κ3) is 4.86. The Morgan fingerprint density at radius 3 is 2.64 bits per heavy atom.